The van der Waals surface area contributed by atoms with Gasteiger partial charge in [-0.1, -0.05) is 40.0 Å². The number of benzene rings is 1. The molecule has 0 amide bonds. The smallest absolute Gasteiger partial charge is 0.128 e. The Hall–Kier alpha value is -1.14. The molecule has 0 spiro atoms. The third-order valence-electron chi connectivity index (χ3n) is 3.36. The van der Waals surface area contributed by atoms with Crippen LogP contribution in [0.1, 0.15) is 38.1 Å². The molecule has 1 aromatic heterocycles. The first-order valence-electron chi connectivity index (χ1n) is 6.82. The van der Waals surface area contributed by atoms with Crippen LogP contribution in [-0.2, 0) is 6.42 Å². The molecule has 0 unspecified atom stereocenters. The van der Waals surface area contributed by atoms with E-state index in [1.54, 1.807) is 0 Å². The van der Waals surface area contributed by atoms with Gasteiger partial charge >= 0.3 is 0 Å². The number of aromatic nitrogens is 2. The molecule has 0 aliphatic rings. The van der Waals surface area contributed by atoms with E-state index in [4.69, 9.17) is 0 Å². The van der Waals surface area contributed by atoms with E-state index in [0.29, 0.717) is 5.92 Å². The Morgan fingerprint density at radius 1 is 1.26 bits per heavy atom. The molecule has 3 heteroatoms. The maximum atomic E-state index is 4.65. The topological polar surface area (TPSA) is 25.8 Å². The lowest BCUT2D eigenvalue weighted by atomic mass is 10.0. The number of nitrogens with zero attached hydrogens (tertiary/aromatic N) is 2. The van der Waals surface area contributed by atoms with Gasteiger partial charge in [0.2, 0.25) is 0 Å². The zero-order valence-electron chi connectivity index (χ0n) is 12.6. The van der Waals surface area contributed by atoms with E-state index in [-0.39, 0.29) is 0 Å². The second-order valence-corrected chi connectivity index (χ2v) is 9.73. The van der Waals surface area contributed by atoms with E-state index in [1.165, 1.54) is 16.3 Å². The monoisotopic (exact) mass is 274 g/mol. The highest BCUT2D eigenvalue weighted by Gasteiger charge is 2.17. The molecule has 1 heterocycles. The summed E-state index contributed by atoms with van der Waals surface area (Å²) in [5.41, 5.74) is 2.46. The minimum atomic E-state index is -1.36. The zero-order valence-corrected chi connectivity index (χ0v) is 13.5. The molecule has 2 rings (SSSR count). The van der Waals surface area contributed by atoms with Gasteiger partial charge in [0.05, 0.1) is 5.52 Å². The van der Waals surface area contributed by atoms with Crippen LogP contribution in [-0.4, -0.2) is 29.6 Å². The van der Waals surface area contributed by atoms with Crippen LogP contribution in [0.5, 0.6) is 0 Å². The Labute approximate surface area is 116 Å². The Morgan fingerprint density at radius 3 is 2.47 bits per heavy atom. The van der Waals surface area contributed by atoms with Crippen LogP contribution in [0.15, 0.2) is 18.3 Å². The molecule has 0 radical (unpaired) electrons. The highest BCUT2D eigenvalue weighted by atomic mass is 31.2. The molecule has 0 saturated heterocycles. The van der Waals surface area contributed by atoms with E-state index in [1.807, 2.05) is 6.20 Å². The summed E-state index contributed by atoms with van der Waals surface area (Å²) >= 11 is 0. The van der Waals surface area contributed by atoms with Crippen LogP contribution in [0, 0.1) is 0 Å². The first-order chi connectivity index (χ1) is 8.84. The van der Waals surface area contributed by atoms with Gasteiger partial charge in [-0.15, -0.1) is 0 Å². The van der Waals surface area contributed by atoms with Crippen molar-refractivity contribution < 1.29 is 0 Å². The van der Waals surface area contributed by atoms with Gasteiger partial charge in [0.1, 0.15) is 5.82 Å². The van der Waals surface area contributed by atoms with Gasteiger partial charge in [-0.25, -0.2) is 9.97 Å². The molecule has 0 saturated carbocycles. The van der Waals surface area contributed by atoms with Crippen molar-refractivity contribution in [2.45, 2.75) is 33.1 Å². The summed E-state index contributed by atoms with van der Waals surface area (Å²) in [6.45, 7) is 9.73. The third-order valence-corrected chi connectivity index (χ3v) is 5.07. The van der Waals surface area contributed by atoms with Crippen molar-refractivity contribution in [1.82, 2.24) is 9.97 Å². The van der Waals surface area contributed by atoms with Crippen LogP contribution in [0.3, 0.4) is 0 Å². The lowest BCUT2D eigenvalue weighted by Gasteiger charge is -2.22. The quantitative estimate of drug-likeness (QED) is 0.798. The number of rotatable bonds is 3. The molecule has 0 bridgehead atoms. The summed E-state index contributed by atoms with van der Waals surface area (Å²) in [7, 11) is 0. The zero-order chi connectivity index (χ0) is 14.2. The summed E-state index contributed by atoms with van der Waals surface area (Å²) in [5, 5.41) is 2.58. The normalized spacial score (nSPS) is 12.3. The van der Waals surface area contributed by atoms with Gasteiger partial charge in [-0.2, -0.15) is 0 Å². The van der Waals surface area contributed by atoms with Crippen molar-refractivity contribution in [2.24, 2.45) is 0 Å². The maximum Gasteiger partial charge on any atom is 0.128 e. The number of aryl methyl sites for hydroxylation is 1. The molecule has 19 heavy (non-hydrogen) atoms. The van der Waals surface area contributed by atoms with E-state index >= 15 is 0 Å². The fourth-order valence-corrected chi connectivity index (χ4v) is 4.31. The first-order valence-corrected chi connectivity index (χ1v) is 9.69. The Kier molecular flexibility index (Phi) is 3.82. The van der Waals surface area contributed by atoms with E-state index in [9.17, 15) is 0 Å². The molecular weight excluding hydrogens is 251 g/mol. The Balaban J connectivity index is 2.84. The standard InChI is InChI=1S/C16H23N2P/c1-7-15-17-10-13-14(18-15)9-8-12(11(2)3)16(13)19(4,5)6/h8-11H,4,7H2,1-3,5-6H3. The molecule has 0 fully saturated rings. The lowest BCUT2D eigenvalue weighted by molar-refractivity contribution is 0.874. The Morgan fingerprint density at radius 2 is 1.95 bits per heavy atom. The van der Waals surface area contributed by atoms with Gasteiger partial charge in [-0.05, 0) is 36.2 Å². The van der Waals surface area contributed by atoms with Gasteiger partial charge < -0.3 is 0 Å². The number of hydrogen-bond donors (Lipinski definition) is 0. The molecular formula is C16H23N2P. The molecule has 0 atom stereocenters. The molecule has 0 aliphatic heterocycles. The molecule has 1 aromatic carbocycles. The summed E-state index contributed by atoms with van der Waals surface area (Å²) in [6, 6.07) is 4.35. The van der Waals surface area contributed by atoms with Crippen molar-refractivity contribution in [2.75, 3.05) is 13.3 Å². The van der Waals surface area contributed by atoms with Gasteiger partial charge in [0, 0.05) is 18.0 Å². The van der Waals surface area contributed by atoms with Crippen LogP contribution in [0.2, 0.25) is 0 Å². The predicted octanol–water partition coefficient (Wildman–Crippen LogP) is 3.65. The van der Waals surface area contributed by atoms with Gasteiger partial charge in [0.15, 0.2) is 0 Å². The van der Waals surface area contributed by atoms with E-state index in [2.05, 4.69) is 62.5 Å². The summed E-state index contributed by atoms with van der Waals surface area (Å²) < 4.78 is 0. The predicted molar refractivity (Wildman–Crippen MR) is 88.5 cm³/mol. The molecule has 2 aromatic rings. The van der Waals surface area contributed by atoms with Crippen molar-refractivity contribution in [3.05, 3.63) is 29.7 Å². The maximum absolute atomic E-state index is 4.65. The van der Waals surface area contributed by atoms with Crippen LogP contribution >= 0.6 is 6.89 Å². The minimum absolute atomic E-state index is 0.506. The van der Waals surface area contributed by atoms with E-state index < -0.39 is 6.89 Å². The Bertz CT molecular complexity index is 653. The largest absolute Gasteiger partial charge is 0.241 e. The summed E-state index contributed by atoms with van der Waals surface area (Å²) in [5.74, 6) is 1.42. The van der Waals surface area contributed by atoms with Crippen molar-refractivity contribution in [3.8, 4) is 0 Å². The fourth-order valence-electron chi connectivity index (χ4n) is 2.46. The molecule has 0 aliphatic carbocycles. The summed E-state index contributed by atoms with van der Waals surface area (Å²) in [4.78, 5) is 9.13. The second kappa shape index (κ2) is 5.09. The van der Waals surface area contributed by atoms with Crippen LogP contribution in [0.4, 0.5) is 0 Å². The number of hydrogen-bond acceptors (Lipinski definition) is 2. The lowest BCUT2D eigenvalue weighted by Crippen LogP contribution is -2.14. The van der Waals surface area contributed by atoms with Crippen molar-refractivity contribution in [1.29, 1.82) is 0 Å². The minimum Gasteiger partial charge on any atom is -0.241 e. The van der Waals surface area contributed by atoms with Crippen molar-refractivity contribution in [3.63, 3.8) is 0 Å². The van der Waals surface area contributed by atoms with E-state index in [0.717, 1.165) is 17.8 Å². The molecule has 2 nitrogen and oxygen atoms in total. The average Bonchev–Trinajstić information content (AvgIpc) is 2.35. The summed E-state index contributed by atoms with van der Waals surface area (Å²) in [6.07, 6.45) is 7.30. The average molecular weight is 274 g/mol. The SMILES string of the molecule is C=P(C)(C)c1c(C(C)C)ccc2nc(CC)ncc12. The first kappa shape index (κ1) is 14.3. The fraction of sp³-hybridized carbons (Fsp3) is 0.438. The number of fused-ring (bicyclic) bond motifs is 1. The highest BCUT2D eigenvalue weighted by Crippen LogP contribution is 2.40. The third kappa shape index (κ3) is 2.74. The molecule has 102 valence electrons. The highest BCUT2D eigenvalue weighted by molar-refractivity contribution is 7.79. The van der Waals surface area contributed by atoms with Gasteiger partial charge in [0.25, 0.3) is 0 Å². The van der Waals surface area contributed by atoms with Gasteiger partial charge in [-0.3, -0.25) is 0 Å². The van der Waals surface area contributed by atoms with Crippen molar-refractivity contribution >= 4 is 29.4 Å². The second-order valence-electron chi connectivity index (χ2n) is 5.92. The van der Waals surface area contributed by atoms with Crippen LogP contribution < -0.4 is 5.30 Å². The van der Waals surface area contributed by atoms with Crippen LogP contribution in [0.25, 0.3) is 10.9 Å². The molecule has 0 N–H and O–H groups in total.